The van der Waals surface area contributed by atoms with Crippen LogP contribution in [0.1, 0.15) is 25.0 Å². The van der Waals surface area contributed by atoms with E-state index in [2.05, 4.69) is 47.2 Å². The number of anilines is 1. The molecule has 4 nitrogen and oxygen atoms in total. The number of methoxy groups -OCH3 is 1. The Kier molecular flexibility index (Phi) is 6.22. The van der Waals surface area contributed by atoms with E-state index < -0.39 is 0 Å². The first-order valence-corrected chi connectivity index (χ1v) is 7.80. The fraction of sp³-hybridized carbons (Fsp3) is 0.389. The lowest BCUT2D eigenvalue weighted by Gasteiger charge is -2.23. The van der Waals surface area contributed by atoms with Gasteiger partial charge in [-0.2, -0.15) is 0 Å². The van der Waals surface area contributed by atoms with Crippen LogP contribution < -0.4 is 15.0 Å². The molecule has 0 bridgehead atoms. The third kappa shape index (κ3) is 4.21. The molecule has 0 atom stereocenters. The normalized spacial score (nSPS) is 10.5. The smallest absolute Gasteiger partial charge is 0.142 e. The predicted octanol–water partition coefficient (Wildman–Crippen LogP) is 3.23. The standard InChI is InChI=1S/C18H25N3O/c1-4-21(5-2)17-7-6-16(12-18(17)22-3)14-20-13-15-8-10-19-11-9-15/h6-12,20H,4-5,13-14H2,1-3H3. The quantitative estimate of drug-likeness (QED) is 0.812. The summed E-state index contributed by atoms with van der Waals surface area (Å²) in [5, 5.41) is 3.45. The Bertz CT molecular complexity index is 568. The van der Waals surface area contributed by atoms with Crippen molar-refractivity contribution in [1.29, 1.82) is 0 Å². The maximum absolute atomic E-state index is 5.56. The molecule has 2 rings (SSSR count). The number of hydrogen-bond donors (Lipinski definition) is 1. The molecule has 0 radical (unpaired) electrons. The summed E-state index contributed by atoms with van der Waals surface area (Å²) in [5.74, 6) is 0.937. The first-order chi connectivity index (χ1) is 10.8. The van der Waals surface area contributed by atoms with Crippen LogP contribution in [0.3, 0.4) is 0 Å². The lowest BCUT2D eigenvalue weighted by Crippen LogP contribution is -2.22. The number of pyridine rings is 1. The molecule has 0 saturated heterocycles. The zero-order chi connectivity index (χ0) is 15.8. The fourth-order valence-electron chi connectivity index (χ4n) is 2.51. The van der Waals surface area contributed by atoms with Crippen LogP contribution in [0.2, 0.25) is 0 Å². The minimum atomic E-state index is 0.817. The van der Waals surface area contributed by atoms with Gasteiger partial charge in [0.25, 0.3) is 0 Å². The van der Waals surface area contributed by atoms with Crippen LogP contribution in [-0.2, 0) is 13.1 Å². The summed E-state index contributed by atoms with van der Waals surface area (Å²) in [6.45, 7) is 7.93. The maximum Gasteiger partial charge on any atom is 0.142 e. The van der Waals surface area contributed by atoms with Crippen molar-refractivity contribution in [2.45, 2.75) is 26.9 Å². The lowest BCUT2D eigenvalue weighted by molar-refractivity contribution is 0.413. The van der Waals surface area contributed by atoms with Gasteiger partial charge in [0.1, 0.15) is 5.75 Å². The van der Waals surface area contributed by atoms with Crippen LogP contribution in [0.25, 0.3) is 0 Å². The van der Waals surface area contributed by atoms with E-state index in [4.69, 9.17) is 4.74 Å². The van der Waals surface area contributed by atoms with E-state index in [1.165, 1.54) is 11.1 Å². The average Bonchev–Trinajstić information content (AvgIpc) is 2.58. The number of ether oxygens (including phenoxy) is 1. The monoisotopic (exact) mass is 299 g/mol. The summed E-state index contributed by atoms with van der Waals surface area (Å²) in [6.07, 6.45) is 3.64. The van der Waals surface area contributed by atoms with E-state index in [9.17, 15) is 0 Å². The molecule has 0 unspecified atom stereocenters. The third-order valence-electron chi connectivity index (χ3n) is 3.76. The van der Waals surface area contributed by atoms with Gasteiger partial charge in [0.05, 0.1) is 12.8 Å². The fourth-order valence-corrected chi connectivity index (χ4v) is 2.51. The van der Waals surface area contributed by atoms with Crippen molar-refractivity contribution >= 4 is 5.69 Å². The summed E-state index contributed by atoms with van der Waals surface area (Å²) >= 11 is 0. The Morgan fingerprint density at radius 3 is 2.32 bits per heavy atom. The highest BCUT2D eigenvalue weighted by Crippen LogP contribution is 2.29. The van der Waals surface area contributed by atoms with E-state index in [1.807, 2.05) is 24.5 Å². The van der Waals surface area contributed by atoms with Gasteiger partial charge in [-0.05, 0) is 49.2 Å². The molecule has 4 heteroatoms. The number of aromatic nitrogens is 1. The second-order valence-electron chi connectivity index (χ2n) is 5.14. The van der Waals surface area contributed by atoms with Crippen molar-refractivity contribution in [2.24, 2.45) is 0 Å². The summed E-state index contributed by atoms with van der Waals surface area (Å²) in [6, 6.07) is 10.5. The van der Waals surface area contributed by atoms with Gasteiger partial charge in [-0.15, -0.1) is 0 Å². The first-order valence-electron chi connectivity index (χ1n) is 7.80. The molecule has 2 aromatic rings. The molecule has 0 spiro atoms. The maximum atomic E-state index is 5.56. The molecule has 0 aliphatic rings. The highest BCUT2D eigenvalue weighted by atomic mass is 16.5. The molecule has 0 aliphatic heterocycles. The van der Waals surface area contributed by atoms with E-state index in [0.717, 1.165) is 37.6 Å². The topological polar surface area (TPSA) is 37.4 Å². The average molecular weight is 299 g/mol. The van der Waals surface area contributed by atoms with Crippen molar-refractivity contribution in [1.82, 2.24) is 10.3 Å². The number of hydrogen-bond acceptors (Lipinski definition) is 4. The molecular formula is C18H25N3O. The molecule has 1 aromatic carbocycles. The third-order valence-corrected chi connectivity index (χ3v) is 3.76. The molecular weight excluding hydrogens is 274 g/mol. The number of nitrogens with zero attached hydrogens (tertiary/aromatic N) is 2. The Morgan fingerprint density at radius 2 is 1.68 bits per heavy atom. The highest BCUT2D eigenvalue weighted by Gasteiger charge is 2.09. The van der Waals surface area contributed by atoms with Crippen LogP contribution in [-0.4, -0.2) is 25.2 Å². The second-order valence-corrected chi connectivity index (χ2v) is 5.14. The van der Waals surface area contributed by atoms with E-state index in [0.29, 0.717) is 0 Å². The summed E-state index contributed by atoms with van der Waals surface area (Å²) in [4.78, 5) is 6.33. The van der Waals surface area contributed by atoms with Crippen molar-refractivity contribution in [3.8, 4) is 5.75 Å². The Morgan fingerprint density at radius 1 is 1.00 bits per heavy atom. The van der Waals surface area contributed by atoms with E-state index in [1.54, 1.807) is 7.11 Å². The predicted molar refractivity (Wildman–Crippen MR) is 91.3 cm³/mol. The van der Waals surface area contributed by atoms with Gasteiger partial charge < -0.3 is 15.0 Å². The molecule has 0 fully saturated rings. The number of rotatable bonds is 8. The van der Waals surface area contributed by atoms with Gasteiger partial charge in [-0.25, -0.2) is 0 Å². The molecule has 1 aromatic heterocycles. The van der Waals surface area contributed by atoms with Crippen molar-refractivity contribution in [3.05, 3.63) is 53.9 Å². The van der Waals surface area contributed by atoms with Gasteiger partial charge in [0.2, 0.25) is 0 Å². The van der Waals surface area contributed by atoms with Gasteiger partial charge in [0, 0.05) is 38.6 Å². The molecule has 0 amide bonds. The summed E-state index contributed by atoms with van der Waals surface area (Å²) in [5.41, 5.74) is 3.62. The van der Waals surface area contributed by atoms with Crippen molar-refractivity contribution in [2.75, 3.05) is 25.1 Å². The first kappa shape index (κ1) is 16.3. The van der Waals surface area contributed by atoms with Crippen molar-refractivity contribution in [3.63, 3.8) is 0 Å². The van der Waals surface area contributed by atoms with Gasteiger partial charge in [-0.3, -0.25) is 4.98 Å². The minimum Gasteiger partial charge on any atom is -0.495 e. The molecule has 1 heterocycles. The molecule has 0 saturated carbocycles. The van der Waals surface area contributed by atoms with Gasteiger partial charge in [-0.1, -0.05) is 6.07 Å². The molecule has 1 N–H and O–H groups in total. The minimum absolute atomic E-state index is 0.817. The van der Waals surface area contributed by atoms with E-state index >= 15 is 0 Å². The lowest BCUT2D eigenvalue weighted by atomic mass is 10.1. The number of benzene rings is 1. The summed E-state index contributed by atoms with van der Waals surface area (Å²) in [7, 11) is 1.73. The van der Waals surface area contributed by atoms with Crippen LogP contribution in [0.5, 0.6) is 5.75 Å². The second kappa shape index (κ2) is 8.39. The van der Waals surface area contributed by atoms with Crippen LogP contribution in [0.15, 0.2) is 42.7 Å². The van der Waals surface area contributed by atoms with Crippen LogP contribution in [0, 0.1) is 0 Å². The zero-order valence-corrected chi connectivity index (χ0v) is 13.7. The van der Waals surface area contributed by atoms with Crippen LogP contribution in [0.4, 0.5) is 5.69 Å². The van der Waals surface area contributed by atoms with Crippen molar-refractivity contribution < 1.29 is 4.74 Å². The highest BCUT2D eigenvalue weighted by molar-refractivity contribution is 5.59. The zero-order valence-electron chi connectivity index (χ0n) is 13.7. The van der Waals surface area contributed by atoms with Crippen LogP contribution >= 0.6 is 0 Å². The van der Waals surface area contributed by atoms with Gasteiger partial charge >= 0.3 is 0 Å². The SMILES string of the molecule is CCN(CC)c1ccc(CNCc2ccncc2)cc1OC. The van der Waals surface area contributed by atoms with E-state index in [-0.39, 0.29) is 0 Å². The Balaban J connectivity index is 2.00. The largest absolute Gasteiger partial charge is 0.495 e. The summed E-state index contributed by atoms with van der Waals surface area (Å²) < 4.78 is 5.56. The number of nitrogens with one attached hydrogen (secondary N) is 1. The molecule has 118 valence electrons. The van der Waals surface area contributed by atoms with Gasteiger partial charge in [0.15, 0.2) is 0 Å². The molecule has 0 aliphatic carbocycles. The Labute approximate surface area is 133 Å². The Hall–Kier alpha value is -2.07. The molecule has 22 heavy (non-hydrogen) atoms.